The molecule has 0 radical (unpaired) electrons. The zero-order valence-electron chi connectivity index (χ0n) is 9.93. The largest absolute Gasteiger partial charge is 0.396 e. The molecule has 6 heteroatoms. The molecule has 2 rings (SSSR count). The van der Waals surface area contributed by atoms with Crippen LogP contribution in [-0.4, -0.2) is 21.9 Å². The second kappa shape index (κ2) is 5.24. The first-order valence-electron chi connectivity index (χ1n) is 5.58. The number of hydrogen-bond acceptors (Lipinski definition) is 5. The lowest BCUT2D eigenvalue weighted by Crippen LogP contribution is -2.12. The van der Waals surface area contributed by atoms with Crippen molar-refractivity contribution in [2.24, 2.45) is 5.73 Å². The fourth-order valence-electron chi connectivity index (χ4n) is 1.55. The number of nitrogens with two attached hydrogens (primary N) is 1. The Morgan fingerprint density at radius 1 is 1.50 bits per heavy atom. The molecule has 18 heavy (non-hydrogen) atoms. The molecule has 3 N–H and O–H groups in total. The van der Waals surface area contributed by atoms with Gasteiger partial charge < -0.3 is 15.4 Å². The lowest BCUT2D eigenvalue weighted by molar-refractivity contribution is 0.259. The van der Waals surface area contributed by atoms with Crippen molar-refractivity contribution in [3.63, 3.8) is 0 Å². The lowest BCUT2D eigenvalue weighted by atomic mass is 10.1. The smallest absolute Gasteiger partial charge is 0.243 e. The average Bonchev–Trinajstić information content (AvgIpc) is 2.82. The van der Waals surface area contributed by atoms with Gasteiger partial charge in [-0.3, -0.25) is 0 Å². The van der Waals surface area contributed by atoms with E-state index in [1.165, 1.54) is 6.07 Å². The minimum Gasteiger partial charge on any atom is -0.396 e. The molecule has 0 spiro atoms. The van der Waals surface area contributed by atoms with Crippen molar-refractivity contribution >= 4 is 0 Å². The predicted octanol–water partition coefficient (Wildman–Crippen LogP) is 1.57. The summed E-state index contributed by atoms with van der Waals surface area (Å²) in [5.74, 6) is 0.349. The zero-order chi connectivity index (χ0) is 13.1. The van der Waals surface area contributed by atoms with Gasteiger partial charge in [-0.25, -0.2) is 4.39 Å². The van der Waals surface area contributed by atoms with Crippen molar-refractivity contribution in [1.82, 2.24) is 10.1 Å². The van der Waals surface area contributed by atoms with E-state index in [2.05, 4.69) is 10.1 Å². The first kappa shape index (κ1) is 12.7. The first-order chi connectivity index (χ1) is 8.61. The van der Waals surface area contributed by atoms with E-state index >= 15 is 0 Å². The highest BCUT2D eigenvalue weighted by Crippen LogP contribution is 2.21. The van der Waals surface area contributed by atoms with Gasteiger partial charge in [-0.1, -0.05) is 5.16 Å². The summed E-state index contributed by atoms with van der Waals surface area (Å²) in [6.07, 6.45) is 0.351. The van der Waals surface area contributed by atoms with Crippen LogP contribution in [0.15, 0.2) is 22.7 Å². The summed E-state index contributed by atoms with van der Waals surface area (Å²) in [5, 5.41) is 12.6. The van der Waals surface area contributed by atoms with Gasteiger partial charge in [0.2, 0.25) is 11.7 Å². The summed E-state index contributed by atoms with van der Waals surface area (Å²) < 4.78 is 18.1. The normalized spacial score (nSPS) is 12.7. The molecule has 0 saturated carbocycles. The Morgan fingerprint density at radius 3 is 2.94 bits per heavy atom. The number of aliphatic hydroxyl groups excluding tert-OH is 1. The molecule has 0 bridgehead atoms. The van der Waals surface area contributed by atoms with E-state index in [-0.39, 0.29) is 18.3 Å². The van der Waals surface area contributed by atoms with Gasteiger partial charge in [0.15, 0.2) is 0 Å². The van der Waals surface area contributed by atoms with Crippen LogP contribution in [-0.2, 0) is 0 Å². The highest BCUT2D eigenvalue weighted by Gasteiger charge is 2.15. The molecule has 0 aliphatic rings. The molecule has 0 fully saturated rings. The Hall–Kier alpha value is -1.79. The minimum atomic E-state index is -0.488. The first-order valence-corrected chi connectivity index (χ1v) is 5.58. The lowest BCUT2D eigenvalue weighted by Gasteiger charge is -2.02. The maximum Gasteiger partial charge on any atom is 0.243 e. The van der Waals surface area contributed by atoms with Crippen LogP contribution in [0.4, 0.5) is 4.39 Å². The van der Waals surface area contributed by atoms with E-state index in [0.717, 1.165) is 0 Å². The average molecular weight is 251 g/mol. The summed E-state index contributed by atoms with van der Waals surface area (Å²) >= 11 is 0. The van der Waals surface area contributed by atoms with Crippen LogP contribution in [0.1, 0.15) is 23.9 Å². The third-order valence-corrected chi connectivity index (χ3v) is 2.62. The summed E-state index contributed by atoms with van der Waals surface area (Å²) in [6.45, 7) is 1.62. The molecule has 1 atom stereocenters. The van der Waals surface area contributed by atoms with Gasteiger partial charge in [-0.15, -0.1) is 0 Å². The van der Waals surface area contributed by atoms with Gasteiger partial charge in [0, 0.05) is 12.2 Å². The Labute approximate surface area is 103 Å². The van der Waals surface area contributed by atoms with Crippen molar-refractivity contribution in [3.05, 3.63) is 35.5 Å². The molecule has 1 aromatic heterocycles. The topological polar surface area (TPSA) is 85.2 Å². The van der Waals surface area contributed by atoms with Gasteiger partial charge >= 0.3 is 0 Å². The SMILES string of the molecule is Cc1cc(-c2noc(C(N)CCO)n2)ccc1F. The number of aliphatic hydroxyl groups is 1. The summed E-state index contributed by atoms with van der Waals surface area (Å²) in [4.78, 5) is 4.13. The van der Waals surface area contributed by atoms with Crippen molar-refractivity contribution in [2.75, 3.05) is 6.61 Å². The molecule has 1 unspecified atom stereocenters. The predicted molar refractivity (Wildman–Crippen MR) is 63.1 cm³/mol. The van der Waals surface area contributed by atoms with Crippen molar-refractivity contribution in [2.45, 2.75) is 19.4 Å². The standard InChI is InChI=1S/C12H14FN3O2/c1-7-6-8(2-3-9(7)13)11-15-12(18-16-11)10(14)4-5-17/h2-3,6,10,17H,4-5,14H2,1H3. The molecule has 2 aromatic rings. The molecule has 96 valence electrons. The van der Waals surface area contributed by atoms with Gasteiger partial charge in [0.1, 0.15) is 5.82 Å². The third-order valence-electron chi connectivity index (χ3n) is 2.62. The Morgan fingerprint density at radius 2 is 2.28 bits per heavy atom. The molecular formula is C12H14FN3O2. The number of nitrogens with zero attached hydrogens (tertiary/aromatic N) is 2. The highest BCUT2D eigenvalue weighted by atomic mass is 19.1. The van der Waals surface area contributed by atoms with E-state index in [1.54, 1.807) is 19.1 Å². The van der Waals surface area contributed by atoms with Crippen LogP contribution in [0.2, 0.25) is 0 Å². The van der Waals surface area contributed by atoms with E-state index in [9.17, 15) is 4.39 Å². The van der Waals surface area contributed by atoms with Crippen LogP contribution < -0.4 is 5.73 Å². The summed E-state index contributed by atoms with van der Waals surface area (Å²) in [7, 11) is 0. The van der Waals surface area contributed by atoms with Crippen molar-refractivity contribution < 1.29 is 14.0 Å². The number of benzene rings is 1. The molecule has 0 amide bonds. The van der Waals surface area contributed by atoms with Crippen LogP contribution in [0, 0.1) is 12.7 Å². The summed E-state index contributed by atoms with van der Waals surface area (Å²) in [5.41, 5.74) is 6.91. The van der Waals surface area contributed by atoms with Crippen molar-refractivity contribution in [1.29, 1.82) is 0 Å². The fraction of sp³-hybridized carbons (Fsp3) is 0.333. The number of aryl methyl sites for hydroxylation is 1. The van der Waals surface area contributed by atoms with Gasteiger partial charge in [0.25, 0.3) is 0 Å². The van der Waals surface area contributed by atoms with E-state index < -0.39 is 6.04 Å². The maximum atomic E-state index is 13.1. The molecular weight excluding hydrogens is 237 g/mol. The second-order valence-electron chi connectivity index (χ2n) is 4.04. The third kappa shape index (κ3) is 2.55. The van der Waals surface area contributed by atoms with Crippen LogP contribution in [0.5, 0.6) is 0 Å². The Bertz CT molecular complexity index is 542. The van der Waals surface area contributed by atoms with Crippen molar-refractivity contribution in [3.8, 4) is 11.4 Å². The molecule has 5 nitrogen and oxygen atoms in total. The summed E-state index contributed by atoms with van der Waals surface area (Å²) in [6, 6.07) is 4.09. The second-order valence-corrected chi connectivity index (χ2v) is 4.04. The molecule has 1 heterocycles. The van der Waals surface area contributed by atoms with Gasteiger partial charge in [-0.05, 0) is 37.1 Å². The quantitative estimate of drug-likeness (QED) is 0.861. The van der Waals surface area contributed by atoms with Crippen LogP contribution in [0.3, 0.4) is 0 Å². The monoisotopic (exact) mass is 251 g/mol. The minimum absolute atomic E-state index is 0.0471. The number of aromatic nitrogens is 2. The Balaban J connectivity index is 2.26. The zero-order valence-corrected chi connectivity index (χ0v) is 9.93. The molecule has 0 saturated heterocycles. The van der Waals surface area contributed by atoms with Crippen LogP contribution in [0.25, 0.3) is 11.4 Å². The molecule has 0 aliphatic heterocycles. The highest BCUT2D eigenvalue weighted by molar-refractivity contribution is 5.55. The maximum absolute atomic E-state index is 13.1. The van der Waals surface area contributed by atoms with Gasteiger partial charge in [-0.2, -0.15) is 4.98 Å². The number of hydrogen-bond donors (Lipinski definition) is 2. The Kier molecular flexibility index (Phi) is 3.69. The van der Waals surface area contributed by atoms with E-state index in [0.29, 0.717) is 23.4 Å². The number of rotatable bonds is 4. The van der Waals surface area contributed by atoms with Gasteiger partial charge in [0.05, 0.1) is 6.04 Å². The fourth-order valence-corrected chi connectivity index (χ4v) is 1.55. The molecule has 0 aliphatic carbocycles. The van der Waals surface area contributed by atoms with Crippen LogP contribution >= 0.6 is 0 Å². The van der Waals surface area contributed by atoms with E-state index in [4.69, 9.17) is 15.4 Å². The van der Waals surface area contributed by atoms with E-state index in [1.807, 2.05) is 0 Å². The molecule has 1 aromatic carbocycles. The number of halogens is 1.